The molecule has 1 unspecified atom stereocenters. The number of halogens is 1. The van der Waals surface area contributed by atoms with Crippen molar-refractivity contribution in [1.29, 1.82) is 0 Å². The summed E-state index contributed by atoms with van der Waals surface area (Å²) in [6.07, 6.45) is 0.744. The smallest absolute Gasteiger partial charge is 0.253 e. The fraction of sp³-hybridized carbons (Fsp3) is 0.533. The molecule has 1 aromatic rings. The maximum absolute atomic E-state index is 13.2. The largest absolute Gasteiger partial charge is 0.342 e. The highest BCUT2D eigenvalue weighted by Gasteiger charge is 2.16. The molecule has 106 valence electrons. The van der Waals surface area contributed by atoms with Crippen molar-refractivity contribution in [2.24, 2.45) is 11.7 Å². The molecular formula is C15H23FN2O. The zero-order chi connectivity index (χ0) is 14.6. The van der Waals surface area contributed by atoms with Crippen LogP contribution in [0, 0.1) is 18.7 Å². The maximum Gasteiger partial charge on any atom is 0.253 e. The van der Waals surface area contributed by atoms with Crippen LogP contribution >= 0.6 is 0 Å². The number of amides is 1. The van der Waals surface area contributed by atoms with Crippen LogP contribution in [0.15, 0.2) is 18.2 Å². The minimum Gasteiger partial charge on any atom is -0.342 e. The second kappa shape index (κ2) is 6.66. The molecule has 0 aliphatic rings. The van der Waals surface area contributed by atoms with E-state index < -0.39 is 0 Å². The van der Waals surface area contributed by atoms with Crippen molar-refractivity contribution in [3.8, 4) is 0 Å². The van der Waals surface area contributed by atoms with E-state index in [-0.39, 0.29) is 17.8 Å². The van der Waals surface area contributed by atoms with Crippen molar-refractivity contribution in [1.82, 2.24) is 4.90 Å². The molecule has 0 saturated heterocycles. The molecule has 0 aliphatic heterocycles. The predicted octanol–water partition coefficient (Wildman–Crippen LogP) is 2.58. The third-order valence-electron chi connectivity index (χ3n) is 3.43. The number of benzene rings is 1. The summed E-state index contributed by atoms with van der Waals surface area (Å²) < 4.78 is 13.2. The van der Waals surface area contributed by atoms with Crippen molar-refractivity contribution in [2.45, 2.75) is 33.2 Å². The van der Waals surface area contributed by atoms with E-state index in [9.17, 15) is 9.18 Å². The number of hydrogen-bond donors (Lipinski definition) is 1. The molecule has 0 radical (unpaired) electrons. The minimum atomic E-state index is -0.388. The summed E-state index contributed by atoms with van der Waals surface area (Å²) in [4.78, 5) is 13.8. The lowest BCUT2D eigenvalue weighted by atomic mass is 10.0. The molecule has 0 aromatic heterocycles. The van der Waals surface area contributed by atoms with Gasteiger partial charge in [0.05, 0.1) is 0 Å². The summed E-state index contributed by atoms with van der Waals surface area (Å²) in [5.74, 6) is -0.159. The van der Waals surface area contributed by atoms with E-state index in [1.54, 1.807) is 24.9 Å². The van der Waals surface area contributed by atoms with Crippen molar-refractivity contribution in [3.05, 3.63) is 35.1 Å². The fourth-order valence-electron chi connectivity index (χ4n) is 1.81. The average Bonchev–Trinajstić information content (AvgIpc) is 2.37. The molecule has 1 aromatic carbocycles. The van der Waals surface area contributed by atoms with Gasteiger partial charge in [-0.15, -0.1) is 0 Å². The van der Waals surface area contributed by atoms with Gasteiger partial charge >= 0.3 is 0 Å². The highest BCUT2D eigenvalue weighted by Crippen LogP contribution is 2.13. The van der Waals surface area contributed by atoms with E-state index in [0.717, 1.165) is 12.0 Å². The Morgan fingerprint density at radius 1 is 1.42 bits per heavy atom. The second-order valence-corrected chi connectivity index (χ2v) is 5.38. The third kappa shape index (κ3) is 4.31. The predicted molar refractivity (Wildman–Crippen MR) is 75.5 cm³/mol. The molecule has 0 saturated carbocycles. The van der Waals surface area contributed by atoms with Gasteiger partial charge in [0.25, 0.3) is 5.91 Å². The van der Waals surface area contributed by atoms with Crippen molar-refractivity contribution < 1.29 is 9.18 Å². The molecule has 3 nitrogen and oxygen atoms in total. The van der Waals surface area contributed by atoms with E-state index in [4.69, 9.17) is 5.73 Å². The first-order chi connectivity index (χ1) is 8.82. The minimum absolute atomic E-state index is 0.0730. The number of carbonyl (C=O) groups is 1. The number of hydrogen-bond acceptors (Lipinski definition) is 2. The lowest BCUT2D eigenvalue weighted by molar-refractivity contribution is 0.0788. The van der Waals surface area contributed by atoms with E-state index in [1.807, 2.05) is 0 Å². The van der Waals surface area contributed by atoms with Crippen LogP contribution in [0.25, 0.3) is 0 Å². The van der Waals surface area contributed by atoms with Crippen LogP contribution in [0.2, 0.25) is 0 Å². The van der Waals surface area contributed by atoms with Gasteiger partial charge in [-0.2, -0.15) is 0 Å². The van der Waals surface area contributed by atoms with Crippen LogP contribution in [0.4, 0.5) is 4.39 Å². The van der Waals surface area contributed by atoms with Gasteiger partial charge < -0.3 is 10.6 Å². The van der Waals surface area contributed by atoms with Crippen LogP contribution in [-0.4, -0.2) is 30.4 Å². The Bertz CT molecular complexity index is 446. The molecule has 0 bridgehead atoms. The van der Waals surface area contributed by atoms with Gasteiger partial charge in [-0.25, -0.2) is 4.39 Å². The molecule has 0 aliphatic carbocycles. The Morgan fingerprint density at radius 3 is 2.63 bits per heavy atom. The Labute approximate surface area is 114 Å². The van der Waals surface area contributed by atoms with Gasteiger partial charge in [0.2, 0.25) is 0 Å². The molecule has 19 heavy (non-hydrogen) atoms. The molecular weight excluding hydrogens is 243 g/mol. The topological polar surface area (TPSA) is 46.3 Å². The molecule has 2 N–H and O–H groups in total. The highest BCUT2D eigenvalue weighted by molar-refractivity contribution is 5.95. The quantitative estimate of drug-likeness (QED) is 0.890. The van der Waals surface area contributed by atoms with Gasteiger partial charge in [0.1, 0.15) is 5.82 Å². The number of nitrogens with two attached hydrogens (primary N) is 1. The highest BCUT2D eigenvalue weighted by atomic mass is 19.1. The molecule has 0 heterocycles. The lowest BCUT2D eigenvalue weighted by Crippen LogP contribution is -2.34. The number of nitrogens with zero attached hydrogens (tertiary/aromatic N) is 1. The Kier molecular flexibility index (Phi) is 5.48. The normalized spacial score (nSPS) is 12.6. The Hall–Kier alpha value is -1.42. The fourth-order valence-corrected chi connectivity index (χ4v) is 1.81. The van der Waals surface area contributed by atoms with Crippen molar-refractivity contribution in [2.75, 3.05) is 13.6 Å². The van der Waals surface area contributed by atoms with Crippen LogP contribution in [0.5, 0.6) is 0 Å². The third-order valence-corrected chi connectivity index (χ3v) is 3.43. The van der Waals surface area contributed by atoms with E-state index in [1.165, 1.54) is 12.1 Å². The zero-order valence-corrected chi connectivity index (χ0v) is 12.1. The van der Waals surface area contributed by atoms with Gasteiger partial charge in [-0.1, -0.05) is 19.9 Å². The zero-order valence-electron chi connectivity index (χ0n) is 12.1. The molecule has 0 spiro atoms. The van der Waals surface area contributed by atoms with Crippen molar-refractivity contribution in [3.63, 3.8) is 0 Å². The van der Waals surface area contributed by atoms with E-state index in [2.05, 4.69) is 13.8 Å². The van der Waals surface area contributed by atoms with Crippen LogP contribution < -0.4 is 5.73 Å². The molecule has 4 heteroatoms. The van der Waals surface area contributed by atoms with Crippen LogP contribution in [0.1, 0.15) is 36.2 Å². The first kappa shape index (κ1) is 15.6. The molecule has 0 fully saturated rings. The summed E-state index contributed by atoms with van der Waals surface area (Å²) in [5, 5.41) is 0. The second-order valence-electron chi connectivity index (χ2n) is 5.38. The standard InChI is InChI=1S/C15H23FN2O/c1-10(2)14(17)7-8-18(4)15(19)13-9-12(16)6-5-11(13)3/h5-6,9-10,14H,7-8,17H2,1-4H3. The number of carbonyl (C=O) groups excluding carboxylic acids is 1. The summed E-state index contributed by atoms with van der Waals surface area (Å²) in [6.45, 7) is 6.50. The summed E-state index contributed by atoms with van der Waals surface area (Å²) in [5.41, 5.74) is 7.16. The number of rotatable bonds is 5. The van der Waals surface area contributed by atoms with Gasteiger partial charge in [0, 0.05) is 25.2 Å². The summed E-state index contributed by atoms with van der Waals surface area (Å²) in [6, 6.07) is 4.34. The Morgan fingerprint density at radius 2 is 2.05 bits per heavy atom. The Balaban J connectivity index is 2.69. The maximum atomic E-state index is 13.2. The summed E-state index contributed by atoms with van der Waals surface area (Å²) >= 11 is 0. The summed E-state index contributed by atoms with van der Waals surface area (Å²) in [7, 11) is 1.72. The van der Waals surface area contributed by atoms with Crippen LogP contribution in [0.3, 0.4) is 0 Å². The lowest BCUT2D eigenvalue weighted by Gasteiger charge is -2.22. The van der Waals surface area contributed by atoms with Crippen LogP contribution in [-0.2, 0) is 0 Å². The molecule has 1 atom stereocenters. The van der Waals surface area contributed by atoms with Gasteiger partial charge in [-0.3, -0.25) is 4.79 Å². The van der Waals surface area contributed by atoms with E-state index in [0.29, 0.717) is 18.0 Å². The number of aryl methyl sites for hydroxylation is 1. The molecule has 1 rings (SSSR count). The molecule has 1 amide bonds. The first-order valence-electron chi connectivity index (χ1n) is 6.60. The average molecular weight is 266 g/mol. The van der Waals surface area contributed by atoms with Gasteiger partial charge in [0.15, 0.2) is 0 Å². The monoisotopic (exact) mass is 266 g/mol. The first-order valence-corrected chi connectivity index (χ1v) is 6.60. The van der Waals surface area contributed by atoms with Crippen molar-refractivity contribution >= 4 is 5.91 Å². The van der Waals surface area contributed by atoms with Gasteiger partial charge in [-0.05, 0) is 37.0 Å². The van der Waals surface area contributed by atoms with E-state index >= 15 is 0 Å². The SMILES string of the molecule is Cc1ccc(F)cc1C(=O)N(C)CCC(N)C(C)C.